The van der Waals surface area contributed by atoms with E-state index in [-0.39, 0.29) is 18.7 Å². The van der Waals surface area contributed by atoms with Crippen LogP contribution in [0, 0.1) is 10.1 Å². The largest absolute Gasteiger partial charge is 0.511 e. The summed E-state index contributed by atoms with van der Waals surface area (Å²) in [7, 11) is 2.04. The first-order valence-corrected chi connectivity index (χ1v) is 15.2. The highest BCUT2D eigenvalue weighted by Gasteiger charge is 2.30. The lowest BCUT2D eigenvalue weighted by Crippen LogP contribution is -2.51. The van der Waals surface area contributed by atoms with Crippen molar-refractivity contribution in [2.24, 2.45) is 0 Å². The van der Waals surface area contributed by atoms with E-state index in [1.54, 1.807) is 24.7 Å². The van der Waals surface area contributed by atoms with E-state index in [1.165, 1.54) is 37.0 Å². The highest BCUT2D eigenvalue weighted by atomic mass is 16.8. The average Bonchev–Trinajstić information content (AvgIpc) is 3.51. The lowest BCUT2D eigenvalue weighted by molar-refractivity contribution is -0.945. The first-order valence-electron chi connectivity index (χ1n) is 15.2. The van der Waals surface area contributed by atoms with Crippen LogP contribution < -0.4 is 0 Å². The number of nitrogens with zero attached hydrogens (tertiary/aromatic N) is 3. The van der Waals surface area contributed by atoms with E-state index in [4.69, 9.17) is 18.6 Å². The summed E-state index contributed by atoms with van der Waals surface area (Å²) >= 11 is 0. The van der Waals surface area contributed by atoms with E-state index < -0.39 is 23.8 Å². The lowest BCUT2D eigenvalue weighted by Gasteiger charge is -2.41. The van der Waals surface area contributed by atoms with Gasteiger partial charge in [0.1, 0.15) is 32.8 Å². The number of ether oxygens (including phenoxy) is 3. The molecule has 2 aromatic carbocycles. The van der Waals surface area contributed by atoms with Crippen molar-refractivity contribution in [1.29, 1.82) is 0 Å². The molecule has 1 atom stereocenters. The number of piperidine rings is 1. The number of benzene rings is 2. The number of rotatable bonds is 16. The highest BCUT2D eigenvalue weighted by molar-refractivity contribution is 5.69. The summed E-state index contributed by atoms with van der Waals surface area (Å²) in [5, 5.41) is 11.0. The molecule has 0 aliphatic carbocycles. The Morgan fingerprint density at radius 3 is 2.27 bits per heavy atom. The maximum Gasteiger partial charge on any atom is 0.511 e. The molecule has 0 radical (unpaired) electrons. The lowest BCUT2D eigenvalue weighted by atomic mass is 10.0. The third kappa shape index (κ3) is 10.5. The third-order valence-corrected chi connectivity index (χ3v) is 8.24. The normalized spacial score (nSPS) is 15.6. The Balaban J connectivity index is 1.18. The fourth-order valence-corrected chi connectivity index (χ4v) is 5.98. The minimum Gasteiger partial charge on any atom is -0.472 e. The van der Waals surface area contributed by atoms with E-state index in [0.29, 0.717) is 30.5 Å². The second-order valence-electron chi connectivity index (χ2n) is 11.9. The predicted octanol–water partition coefficient (Wildman–Crippen LogP) is 5.97. The molecule has 1 aliphatic rings. The average molecular weight is 610 g/mol. The zero-order chi connectivity index (χ0) is 31.3. The molecule has 1 fully saturated rings. The number of non-ortho nitro benzene ring substituents is 1. The molecule has 0 amide bonds. The molecule has 236 valence electrons. The van der Waals surface area contributed by atoms with Gasteiger partial charge in [-0.3, -0.25) is 14.9 Å². The van der Waals surface area contributed by atoms with Crippen molar-refractivity contribution in [3.05, 3.63) is 100.0 Å². The SMILES string of the molecule is C[N+](CCOC(=O)OCOC(=O)CCC[N+]1(Cc2ccoc2)CCCCC1)(Cc1ccccc1)Cc1ccc([N+](=O)[O-])cc1. The molecule has 11 heteroatoms. The molecule has 3 aromatic rings. The molecule has 0 spiro atoms. The zero-order valence-electron chi connectivity index (χ0n) is 25.4. The van der Waals surface area contributed by atoms with Crippen LogP contribution in [0.15, 0.2) is 77.6 Å². The van der Waals surface area contributed by atoms with Crippen molar-refractivity contribution in [2.75, 3.05) is 46.6 Å². The molecule has 0 N–H and O–H groups in total. The molecule has 4 rings (SSSR count). The molecule has 1 aromatic heterocycles. The van der Waals surface area contributed by atoms with Crippen LogP contribution in [-0.2, 0) is 38.6 Å². The van der Waals surface area contributed by atoms with E-state index >= 15 is 0 Å². The Hall–Kier alpha value is -4.22. The molecule has 0 saturated carbocycles. The molecular formula is C33H43N3O8+2. The number of likely N-dealkylation sites (N-methyl/N-ethyl adjacent to an activating group) is 1. The molecule has 1 saturated heterocycles. The van der Waals surface area contributed by atoms with Gasteiger partial charge in [-0.15, -0.1) is 0 Å². The summed E-state index contributed by atoms with van der Waals surface area (Å²) in [4.78, 5) is 35.2. The van der Waals surface area contributed by atoms with E-state index in [0.717, 1.165) is 41.8 Å². The quantitative estimate of drug-likeness (QED) is 0.0641. The topological polar surface area (TPSA) is 118 Å². The standard InChI is InChI=1S/C33H43N3O8/c1-35(23-28-9-4-2-5-10-28,24-29-12-14-31(15-13-29)34(39)40)20-22-42-33(38)44-27-43-32(37)11-8-19-36(17-6-3-7-18-36)25-30-16-21-41-26-30/h2,4-5,9-10,12-16,21,26H,3,6-8,11,17-20,22-25,27H2,1H3/q+2. The number of nitro groups is 1. The monoisotopic (exact) mass is 609 g/mol. The van der Waals surface area contributed by atoms with E-state index in [9.17, 15) is 19.7 Å². The van der Waals surface area contributed by atoms with Crippen LogP contribution >= 0.6 is 0 Å². The van der Waals surface area contributed by atoms with Crippen molar-refractivity contribution >= 4 is 17.8 Å². The van der Waals surface area contributed by atoms with Crippen molar-refractivity contribution < 1.29 is 42.1 Å². The molecule has 1 aliphatic heterocycles. The van der Waals surface area contributed by atoms with Gasteiger partial charge in [-0.25, -0.2) is 4.79 Å². The van der Waals surface area contributed by atoms with Crippen LogP contribution in [0.1, 0.15) is 48.8 Å². The Labute approximate surface area is 258 Å². The van der Waals surface area contributed by atoms with Crippen molar-refractivity contribution in [3.8, 4) is 0 Å². The molecule has 2 heterocycles. The Kier molecular flexibility index (Phi) is 11.9. The fourth-order valence-electron chi connectivity index (χ4n) is 5.98. The van der Waals surface area contributed by atoms with Gasteiger partial charge in [0.2, 0.25) is 6.79 Å². The van der Waals surface area contributed by atoms with Gasteiger partial charge in [0.05, 0.1) is 50.6 Å². The number of esters is 1. The summed E-state index contributed by atoms with van der Waals surface area (Å²) in [5.74, 6) is -0.411. The summed E-state index contributed by atoms with van der Waals surface area (Å²) < 4.78 is 22.1. The summed E-state index contributed by atoms with van der Waals surface area (Å²) in [6.07, 6.45) is 7.13. The number of carbonyl (C=O) groups excluding carboxylic acids is 2. The van der Waals surface area contributed by atoms with Crippen LogP contribution in [0.5, 0.6) is 0 Å². The number of quaternary nitrogens is 2. The van der Waals surface area contributed by atoms with Crippen LogP contribution in [0.2, 0.25) is 0 Å². The Morgan fingerprint density at radius 1 is 0.909 bits per heavy atom. The number of nitro benzene ring substituents is 1. The third-order valence-electron chi connectivity index (χ3n) is 8.24. The van der Waals surface area contributed by atoms with E-state index in [2.05, 4.69) is 0 Å². The van der Waals surface area contributed by atoms with Gasteiger partial charge in [-0.2, -0.15) is 0 Å². The molecule has 11 nitrogen and oxygen atoms in total. The van der Waals surface area contributed by atoms with Crippen LogP contribution in [0.3, 0.4) is 0 Å². The summed E-state index contributed by atoms with van der Waals surface area (Å²) in [5.41, 5.74) is 3.25. The smallest absolute Gasteiger partial charge is 0.472 e. The first kappa shape index (κ1) is 32.7. The minimum absolute atomic E-state index is 0.0375. The number of likely N-dealkylation sites (tertiary alicyclic amines) is 1. The van der Waals surface area contributed by atoms with Gasteiger partial charge in [0.15, 0.2) is 0 Å². The first-order chi connectivity index (χ1) is 21.2. The molecule has 44 heavy (non-hydrogen) atoms. The second kappa shape index (κ2) is 16.0. The fraction of sp³-hybridized carbons (Fsp3) is 0.455. The van der Waals surface area contributed by atoms with Gasteiger partial charge >= 0.3 is 12.1 Å². The van der Waals surface area contributed by atoms with Crippen LogP contribution in [0.25, 0.3) is 0 Å². The minimum atomic E-state index is -0.905. The van der Waals surface area contributed by atoms with Crippen LogP contribution in [0.4, 0.5) is 10.5 Å². The molecule has 1 unspecified atom stereocenters. The number of hydrogen-bond acceptors (Lipinski definition) is 8. The van der Waals surface area contributed by atoms with Crippen molar-refractivity contribution in [3.63, 3.8) is 0 Å². The van der Waals surface area contributed by atoms with Crippen LogP contribution in [-0.4, -0.2) is 72.6 Å². The maximum atomic E-state index is 12.3. The number of furan rings is 1. The second-order valence-corrected chi connectivity index (χ2v) is 11.9. The van der Waals surface area contributed by atoms with Gasteiger partial charge in [-0.05, 0) is 37.5 Å². The summed E-state index contributed by atoms with van der Waals surface area (Å²) in [6, 6.07) is 18.4. The molecular weight excluding hydrogens is 566 g/mol. The Morgan fingerprint density at radius 2 is 1.61 bits per heavy atom. The van der Waals surface area contributed by atoms with Crippen molar-refractivity contribution in [1.82, 2.24) is 0 Å². The van der Waals surface area contributed by atoms with Crippen molar-refractivity contribution in [2.45, 2.75) is 51.7 Å². The van der Waals surface area contributed by atoms with E-state index in [1.807, 2.05) is 43.4 Å². The number of hydrogen-bond donors (Lipinski definition) is 0. The molecule has 0 bridgehead atoms. The van der Waals surface area contributed by atoms with Gasteiger partial charge < -0.3 is 27.6 Å². The zero-order valence-corrected chi connectivity index (χ0v) is 25.4. The Bertz CT molecular complexity index is 1320. The summed E-state index contributed by atoms with van der Waals surface area (Å²) in [6.45, 7) is 5.25. The highest BCUT2D eigenvalue weighted by Crippen LogP contribution is 2.24. The van der Waals surface area contributed by atoms with Gasteiger partial charge in [0, 0.05) is 35.2 Å². The van der Waals surface area contributed by atoms with Gasteiger partial charge in [-0.1, -0.05) is 30.3 Å². The predicted molar refractivity (Wildman–Crippen MR) is 162 cm³/mol. The maximum absolute atomic E-state index is 12.3. The number of carbonyl (C=O) groups is 2. The van der Waals surface area contributed by atoms with Gasteiger partial charge in [0.25, 0.3) is 5.69 Å².